The van der Waals surface area contributed by atoms with Crippen molar-refractivity contribution in [3.05, 3.63) is 29.8 Å². The minimum atomic E-state index is -0.0379. The molecule has 1 fully saturated rings. The Morgan fingerprint density at radius 1 is 1.38 bits per heavy atom. The van der Waals surface area contributed by atoms with E-state index in [1.54, 1.807) is 0 Å². The van der Waals surface area contributed by atoms with Crippen molar-refractivity contribution in [3.8, 4) is 0 Å². The van der Waals surface area contributed by atoms with Crippen LogP contribution in [0.2, 0.25) is 0 Å². The Bertz CT molecular complexity index is 385. The van der Waals surface area contributed by atoms with Gasteiger partial charge in [0, 0.05) is 24.6 Å². The summed E-state index contributed by atoms with van der Waals surface area (Å²) in [6.07, 6.45) is 1.71. The molecule has 0 amide bonds. The molecule has 16 heavy (non-hydrogen) atoms. The van der Waals surface area contributed by atoms with Crippen LogP contribution in [0.4, 0.5) is 5.69 Å². The lowest BCUT2D eigenvalue weighted by atomic mass is 9.95. The van der Waals surface area contributed by atoms with Gasteiger partial charge >= 0.3 is 0 Å². The molecule has 2 atom stereocenters. The number of carbonyl (C=O) groups excluding carboxylic acids is 1. The third-order valence-corrected chi connectivity index (χ3v) is 3.45. The lowest BCUT2D eigenvalue weighted by Crippen LogP contribution is -2.33. The number of carbonyl (C=O) groups is 1. The first-order valence-electron chi connectivity index (χ1n) is 5.80. The van der Waals surface area contributed by atoms with Crippen LogP contribution in [-0.4, -0.2) is 25.0 Å². The van der Waals surface area contributed by atoms with Crippen molar-refractivity contribution in [3.63, 3.8) is 0 Å². The van der Waals surface area contributed by atoms with Crippen molar-refractivity contribution in [2.75, 3.05) is 18.5 Å². The van der Waals surface area contributed by atoms with Crippen molar-refractivity contribution < 1.29 is 9.53 Å². The van der Waals surface area contributed by atoms with Crippen molar-refractivity contribution in [1.82, 2.24) is 0 Å². The van der Waals surface area contributed by atoms with E-state index < -0.39 is 0 Å². The van der Waals surface area contributed by atoms with E-state index in [0.29, 0.717) is 12.4 Å². The van der Waals surface area contributed by atoms with Crippen molar-refractivity contribution in [1.29, 1.82) is 0 Å². The van der Waals surface area contributed by atoms with Gasteiger partial charge in [-0.2, -0.15) is 0 Å². The van der Waals surface area contributed by atoms with E-state index in [1.807, 2.05) is 18.2 Å². The fourth-order valence-corrected chi connectivity index (χ4v) is 2.51. The van der Waals surface area contributed by atoms with Crippen molar-refractivity contribution >= 4 is 11.5 Å². The van der Waals surface area contributed by atoms with E-state index in [0.717, 1.165) is 25.1 Å². The monoisotopic (exact) mass is 217 g/mol. The molecule has 0 saturated carbocycles. The molecule has 2 aliphatic heterocycles. The number of benzene rings is 1. The first-order chi connectivity index (χ1) is 7.84. The zero-order valence-electron chi connectivity index (χ0n) is 9.11. The van der Waals surface area contributed by atoms with Crippen LogP contribution >= 0.6 is 0 Å². The molecule has 1 saturated heterocycles. The van der Waals surface area contributed by atoms with Crippen LogP contribution in [0.15, 0.2) is 24.3 Å². The van der Waals surface area contributed by atoms with Gasteiger partial charge < -0.3 is 10.1 Å². The minimum absolute atomic E-state index is 0.0379. The summed E-state index contributed by atoms with van der Waals surface area (Å²) in [6.45, 7) is 1.34. The number of anilines is 1. The molecular formula is C13H15NO2. The molecule has 3 heteroatoms. The predicted molar refractivity (Wildman–Crippen MR) is 61.5 cm³/mol. The van der Waals surface area contributed by atoms with Crippen LogP contribution in [0.5, 0.6) is 0 Å². The Morgan fingerprint density at radius 2 is 2.25 bits per heavy atom. The zero-order chi connectivity index (χ0) is 11.0. The molecule has 3 rings (SSSR count). The maximum Gasteiger partial charge on any atom is 0.160 e. The van der Waals surface area contributed by atoms with Gasteiger partial charge in [0.05, 0.1) is 12.6 Å². The Kier molecular flexibility index (Phi) is 2.40. The lowest BCUT2D eigenvalue weighted by molar-refractivity contribution is -0.123. The minimum Gasteiger partial charge on any atom is -0.381 e. The maximum atomic E-state index is 12.2. The summed E-state index contributed by atoms with van der Waals surface area (Å²) in [5.74, 6) is 0.417. The van der Waals surface area contributed by atoms with Gasteiger partial charge in [0.2, 0.25) is 0 Å². The van der Waals surface area contributed by atoms with Crippen molar-refractivity contribution in [2.24, 2.45) is 5.92 Å². The standard InChI is InChI=1S/C13H15NO2/c15-13(10-5-6-16-8-10)12-7-9-3-1-2-4-11(9)14-12/h1-4,10,12,14H,5-8H2. The number of ether oxygens (including phenoxy) is 1. The van der Waals surface area contributed by atoms with Crippen LogP contribution in [0.25, 0.3) is 0 Å². The highest BCUT2D eigenvalue weighted by Gasteiger charge is 2.33. The molecule has 0 radical (unpaired) electrons. The van der Waals surface area contributed by atoms with Crippen LogP contribution in [0.3, 0.4) is 0 Å². The number of para-hydroxylation sites is 1. The van der Waals surface area contributed by atoms with E-state index >= 15 is 0 Å². The summed E-state index contributed by atoms with van der Waals surface area (Å²) in [4.78, 5) is 12.2. The van der Waals surface area contributed by atoms with E-state index in [2.05, 4.69) is 11.4 Å². The first kappa shape index (κ1) is 9.85. The third kappa shape index (κ3) is 1.61. The second-order valence-electron chi connectivity index (χ2n) is 4.52. The highest BCUT2D eigenvalue weighted by atomic mass is 16.5. The Hall–Kier alpha value is -1.35. The fourth-order valence-electron chi connectivity index (χ4n) is 2.51. The second-order valence-corrected chi connectivity index (χ2v) is 4.52. The molecule has 3 nitrogen and oxygen atoms in total. The molecule has 0 spiro atoms. The number of hydrogen-bond acceptors (Lipinski definition) is 3. The Morgan fingerprint density at radius 3 is 3.00 bits per heavy atom. The first-order valence-corrected chi connectivity index (χ1v) is 5.80. The summed E-state index contributed by atoms with van der Waals surface area (Å²) in [5.41, 5.74) is 2.36. The molecule has 0 aromatic heterocycles. The van der Waals surface area contributed by atoms with E-state index in [4.69, 9.17) is 4.74 Å². The smallest absolute Gasteiger partial charge is 0.160 e. The molecular weight excluding hydrogens is 202 g/mol. The molecule has 1 aromatic rings. The van der Waals surface area contributed by atoms with Gasteiger partial charge in [-0.25, -0.2) is 0 Å². The van der Waals surface area contributed by atoms with Crippen molar-refractivity contribution in [2.45, 2.75) is 18.9 Å². The number of ketones is 1. The SMILES string of the molecule is O=C(C1CCOC1)C1Cc2ccccc2N1. The van der Waals surface area contributed by atoms with E-state index in [-0.39, 0.29) is 12.0 Å². The topological polar surface area (TPSA) is 38.3 Å². The summed E-state index contributed by atoms with van der Waals surface area (Å²) in [5, 5.41) is 3.31. The second kappa shape index (κ2) is 3.91. The highest BCUT2D eigenvalue weighted by molar-refractivity contribution is 5.91. The van der Waals surface area contributed by atoms with Gasteiger partial charge in [0.25, 0.3) is 0 Å². The highest BCUT2D eigenvalue weighted by Crippen LogP contribution is 2.28. The van der Waals surface area contributed by atoms with Gasteiger partial charge in [-0.15, -0.1) is 0 Å². The quantitative estimate of drug-likeness (QED) is 0.818. The third-order valence-electron chi connectivity index (χ3n) is 3.45. The molecule has 0 aliphatic carbocycles. The average Bonchev–Trinajstić information content (AvgIpc) is 2.97. The number of hydrogen-bond donors (Lipinski definition) is 1. The van der Waals surface area contributed by atoms with Gasteiger partial charge in [0.1, 0.15) is 0 Å². The Balaban J connectivity index is 1.73. The average molecular weight is 217 g/mol. The summed E-state index contributed by atoms with van der Waals surface area (Å²) in [7, 11) is 0. The van der Waals surface area contributed by atoms with Crippen LogP contribution in [0.1, 0.15) is 12.0 Å². The normalized spacial score (nSPS) is 27.5. The van der Waals surface area contributed by atoms with Gasteiger partial charge in [0.15, 0.2) is 5.78 Å². The molecule has 84 valence electrons. The molecule has 0 bridgehead atoms. The molecule has 1 N–H and O–H groups in total. The summed E-state index contributed by atoms with van der Waals surface area (Å²) < 4.78 is 5.27. The number of Topliss-reactive ketones (excluding diaryl/α,β-unsaturated/α-hetero) is 1. The molecule has 2 heterocycles. The summed E-state index contributed by atoms with van der Waals surface area (Å²) in [6, 6.07) is 8.10. The lowest BCUT2D eigenvalue weighted by Gasteiger charge is -2.13. The van der Waals surface area contributed by atoms with Gasteiger partial charge in [-0.3, -0.25) is 4.79 Å². The number of fused-ring (bicyclic) bond motifs is 1. The fraction of sp³-hybridized carbons (Fsp3) is 0.462. The van der Waals surface area contributed by atoms with Gasteiger partial charge in [-0.1, -0.05) is 18.2 Å². The largest absolute Gasteiger partial charge is 0.381 e. The Labute approximate surface area is 94.8 Å². The van der Waals surface area contributed by atoms with E-state index in [9.17, 15) is 4.79 Å². The summed E-state index contributed by atoms with van der Waals surface area (Å²) >= 11 is 0. The maximum absolute atomic E-state index is 12.2. The number of rotatable bonds is 2. The molecule has 2 unspecified atom stereocenters. The van der Waals surface area contributed by atoms with Crippen LogP contribution in [-0.2, 0) is 16.0 Å². The predicted octanol–water partition coefficient (Wildman–Crippen LogP) is 1.63. The molecule has 2 aliphatic rings. The van der Waals surface area contributed by atoms with Crippen LogP contribution in [0, 0.1) is 5.92 Å². The van der Waals surface area contributed by atoms with E-state index in [1.165, 1.54) is 5.56 Å². The molecule has 1 aromatic carbocycles. The zero-order valence-corrected chi connectivity index (χ0v) is 9.11. The number of nitrogens with one attached hydrogen (secondary N) is 1. The van der Waals surface area contributed by atoms with Gasteiger partial charge in [-0.05, 0) is 18.1 Å². The van der Waals surface area contributed by atoms with Crippen LogP contribution < -0.4 is 5.32 Å².